The van der Waals surface area contributed by atoms with E-state index in [9.17, 15) is 10.2 Å². The summed E-state index contributed by atoms with van der Waals surface area (Å²) in [5.41, 5.74) is 6.67. The molecule has 0 saturated carbocycles. The van der Waals surface area contributed by atoms with Gasteiger partial charge < -0.3 is 20.5 Å². The van der Waals surface area contributed by atoms with Gasteiger partial charge in [-0.2, -0.15) is 0 Å². The maximum atomic E-state index is 9.55. The molecule has 0 aliphatic rings. The van der Waals surface area contributed by atoms with Crippen molar-refractivity contribution in [3.63, 3.8) is 0 Å². The molecule has 0 aromatic carbocycles. The minimum atomic E-state index is -0.867. The van der Waals surface area contributed by atoms with Crippen LogP contribution in [0.4, 0.5) is 5.82 Å². The predicted octanol–water partition coefficient (Wildman–Crippen LogP) is -0.850. The third-order valence-corrected chi connectivity index (χ3v) is 2.37. The van der Waals surface area contributed by atoms with E-state index in [0.717, 1.165) is 0 Å². The quantitative estimate of drug-likeness (QED) is 0.625. The van der Waals surface area contributed by atoms with Gasteiger partial charge in [0, 0.05) is 0 Å². The van der Waals surface area contributed by atoms with E-state index in [1.54, 1.807) is 4.57 Å². The number of hydrogen-bond donors (Lipinski definition) is 3. The van der Waals surface area contributed by atoms with Gasteiger partial charge >= 0.3 is 0 Å². The molecule has 4 N–H and O–H groups in total. The number of nitrogens with two attached hydrogens (primary N) is 1. The van der Waals surface area contributed by atoms with Crippen LogP contribution in [0.3, 0.4) is 0 Å². The molecule has 7 nitrogen and oxygen atoms in total. The molecule has 7 heteroatoms. The monoisotopic (exact) mass is 223 g/mol. The molecule has 0 spiro atoms. The van der Waals surface area contributed by atoms with Gasteiger partial charge in [0.2, 0.25) is 0 Å². The van der Waals surface area contributed by atoms with Crippen LogP contribution in [0.15, 0.2) is 12.7 Å². The zero-order chi connectivity index (χ0) is 11.7. The van der Waals surface area contributed by atoms with Crippen molar-refractivity contribution in [2.24, 2.45) is 0 Å². The van der Waals surface area contributed by atoms with Crippen LogP contribution in [-0.2, 0) is 6.54 Å². The van der Waals surface area contributed by atoms with Gasteiger partial charge in [-0.1, -0.05) is 0 Å². The average molecular weight is 223 g/mol. The van der Waals surface area contributed by atoms with Crippen molar-refractivity contribution in [1.82, 2.24) is 19.5 Å². The topological polar surface area (TPSA) is 110 Å². The zero-order valence-corrected chi connectivity index (χ0v) is 8.78. The maximum Gasteiger partial charge on any atom is 0.165 e. The smallest absolute Gasteiger partial charge is 0.165 e. The number of aliphatic hydroxyl groups excluding tert-OH is 2. The molecule has 0 radical (unpaired) electrons. The van der Waals surface area contributed by atoms with Crippen LogP contribution in [0.1, 0.15) is 6.92 Å². The van der Waals surface area contributed by atoms with Crippen molar-refractivity contribution in [2.45, 2.75) is 25.7 Å². The van der Waals surface area contributed by atoms with Crippen molar-refractivity contribution in [3.05, 3.63) is 12.7 Å². The number of anilines is 1. The molecule has 0 unspecified atom stereocenters. The van der Waals surface area contributed by atoms with Crippen LogP contribution in [0, 0.1) is 0 Å². The van der Waals surface area contributed by atoms with Gasteiger partial charge in [0.25, 0.3) is 0 Å². The first-order valence-electron chi connectivity index (χ1n) is 4.87. The Balaban J connectivity index is 2.36. The summed E-state index contributed by atoms with van der Waals surface area (Å²) in [6.07, 6.45) is 1.18. The van der Waals surface area contributed by atoms with Crippen molar-refractivity contribution in [3.8, 4) is 0 Å². The van der Waals surface area contributed by atoms with Crippen LogP contribution in [0.5, 0.6) is 0 Å². The molecule has 0 aliphatic carbocycles. The lowest BCUT2D eigenvalue weighted by Crippen LogP contribution is -2.27. The molecule has 86 valence electrons. The Morgan fingerprint density at radius 1 is 1.38 bits per heavy atom. The fourth-order valence-corrected chi connectivity index (χ4v) is 1.39. The molecule has 2 aromatic heterocycles. The second-order valence-electron chi connectivity index (χ2n) is 3.64. The molecule has 0 bridgehead atoms. The first kappa shape index (κ1) is 10.8. The van der Waals surface area contributed by atoms with Crippen LogP contribution in [0.2, 0.25) is 0 Å². The highest BCUT2D eigenvalue weighted by molar-refractivity contribution is 5.81. The number of nitrogen functional groups attached to an aromatic ring is 1. The summed E-state index contributed by atoms with van der Waals surface area (Å²) >= 11 is 0. The number of aromatic nitrogens is 4. The standard InChI is InChI=1S/C9H13N5O2/c1-5(15)6(16)2-14-4-13-7-8(10)11-3-12-9(7)14/h3-6,15-16H,2H2,1H3,(H2,10,11,12)/t5-,6+/m1/s1. The molecule has 2 heterocycles. The SMILES string of the molecule is C[C@@H](O)[C@@H](O)Cn1cnc2c(N)ncnc21. The molecular formula is C9H13N5O2. The summed E-state index contributed by atoms with van der Waals surface area (Å²) in [6, 6.07) is 0. The Hall–Kier alpha value is -1.73. The molecule has 2 rings (SSSR count). The minimum absolute atomic E-state index is 0.213. The number of hydrogen-bond acceptors (Lipinski definition) is 6. The third-order valence-electron chi connectivity index (χ3n) is 2.37. The Kier molecular flexibility index (Phi) is 2.71. The number of aliphatic hydroxyl groups is 2. The summed E-state index contributed by atoms with van der Waals surface area (Å²) < 4.78 is 1.63. The summed E-state index contributed by atoms with van der Waals surface area (Å²) in [6.45, 7) is 1.73. The minimum Gasteiger partial charge on any atom is -0.391 e. The maximum absolute atomic E-state index is 9.55. The van der Waals surface area contributed by atoms with E-state index >= 15 is 0 Å². The van der Waals surface area contributed by atoms with Crippen molar-refractivity contribution < 1.29 is 10.2 Å². The van der Waals surface area contributed by atoms with Gasteiger partial charge in [-0.15, -0.1) is 0 Å². The van der Waals surface area contributed by atoms with Crippen LogP contribution in [-0.4, -0.2) is 41.9 Å². The fraction of sp³-hybridized carbons (Fsp3) is 0.444. The van der Waals surface area contributed by atoms with E-state index in [-0.39, 0.29) is 6.54 Å². The Labute approximate surface area is 91.6 Å². The lowest BCUT2D eigenvalue weighted by atomic mass is 10.2. The highest BCUT2D eigenvalue weighted by Gasteiger charge is 2.14. The van der Waals surface area contributed by atoms with Crippen molar-refractivity contribution >= 4 is 17.0 Å². The molecule has 16 heavy (non-hydrogen) atoms. The average Bonchev–Trinajstić information content (AvgIpc) is 2.63. The van der Waals surface area contributed by atoms with Crippen LogP contribution >= 0.6 is 0 Å². The number of rotatable bonds is 3. The van der Waals surface area contributed by atoms with Gasteiger partial charge in [0.15, 0.2) is 11.5 Å². The summed E-state index contributed by atoms with van der Waals surface area (Å²) in [7, 11) is 0. The molecule has 0 saturated heterocycles. The predicted molar refractivity (Wildman–Crippen MR) is 57.4 cm³/mol. The second kappa shape index (κ2) is 4.03. The lowest BCUT2D eigenvalue weighted by molar-refractivity contribution is 0.0213. The highest BCUT2D eigenvalue weighted by Crippen LogP contribution is 2.14. The molecular weight excluding hydrogens is 210 g/mol. The van der Waals surface area contributed by atoms with Crippen molar-refractivity contribution in [2.75, 3.05) is 5.73 Å². The first-order valence-corrected chi connectivity index (χ1v) is 4.87. The third kappa shape index (κ3) is 1.82. The van der Waals surface area contributed by atoms with Gasteiger partial charge in [0.1, 0.15) is 11.8 Å². The summed E-state index contributed by atoms with van der Waals surface area (Å²) in [4.78, 5) is 11.9. The van der Waals surface area contributed by atoms with E-state index < -0.39 is 12.2 Å². The Bertz CT molecular complexity index is 496. The van der Waals surface area contributed by atoms with E-state index in [4.69, 9.17) is 5.73 Å². The molecule has 2 aromatic rings. The Morgan fingerprint density at radius 3 is 2.81 bits per heavy atom. The second-order valence-corrected chi connectivity index (χ2v) is 3.64. The summed E-state index contributed by atoms with van der Waals surface area (Å²) in [5, 5.41) is 18.8. The van der Waals surface area contributed by atoms with E-state index in [1.165, 1.54) is 19.6 Å². The van der Waals surface area contributed by atoms with Gasteiger partial charge in [-0.25, -0.2) is 15.0 Å². The molecule has 2 atom stereocenters. The first-order chi connectivity index (χ1) is 7.59. The van der Waals surface area contributed by atoms with E-state index in [1.807, 2.05) is 0 Å². The normalized spacial score (nSPS) is 15.2. The number of imidazole rings is 1. The zero-order valence-electron chi connectivity index (χ0n) is 8.78. The fourth-order valence-electron chi connectivity index (χ4n) is 1.39. The molecule has 0 fully saturated rings. The summed E-state index contributed by atoms with van der Waals surface area (Å²) in [5.74, 6) is 0.301. The van der Waals surface area contributed by atoms with E-state index in [0.29, 0.717) is 17.0 Å². The number of fused-ring (bicyclic) bond motifs is 1. The van der Waals surface area contributed by atoms with Crippen LogP contribution < -0.4 is 5.73 Å². The van der Waals surface area contributed by atoms with Gasteiger partial charge in [-0.3, -0.25) is 0 Å². The molecule has 0 amide bonds. The molecule has 0 aliphatic heterocycles. The van der Waals surface area contributed by atoms with Gasteiger partial charge in [-0.05, 0) is 6.92 Å². The van der Waals surface area contributed by atoms with E-state index in [2.05, 4.69) is 15.0 Å². The number of nitrogens with zero attached hydrogens (tertiary/aromatic N) is 4. The lowest BCUT2D eigenvalue weighted by Gasteiger charge is -2.13. The van der Waals surface area contributed by atoms with Crippen molar-refractivity contribution in [1.29, 1.82) is 0 Å². The van der Waals surface area contributed by atoms with Crippen LogP contribution in [0.25, 0.3) is 11.2 Å². The largest absolute Gasteiger partial charge is 0.391 e. The van der Waals surface area contributed by atoms with Gasteiger partial charge in [0.05, 0.1) is 25.1 Å². The highest BCUT2D eigenvalue weighted by atomic mass is 16.3. The Morgan fingerprint density at radius 2 is 2.12 bits per heavy atom.